The molecular formula is C15H16F3N5O2. The molecule has 1 amide bonds. The molecule has 0 unspecified atom stereocenters. The second-order valence-corrected chi connectivity index (χ2v) is 5.30. The van der Waals surface area contributed by atoms with Crippen molar-refractivity contribution in [1.82, 2.24) is 20.4 Å². The third-order valence-electron chi connectivity index (χ3n) is 3.10. The Morgan fingerprint density at radius 2 is 1.96 bits per heavy atom. The maximum Gasteiger partial charge on any atom is 0.471 e. The van der Waals surface area contributed by atoms with Crippen LogP contribution in [0.4, 0.5) is 13.2 Å². The highest BCUT2D eigenvalue weighted by molar-refractivity contribution is 5.91. The summed E-state index contributed by atoms with van der Waals surface area (Å²) < 4.78 is 41.5. The van der Waals surface area contributed by atoms with E-state index in [2.05, 4.69) is 20.0 Å². The lowest BCUT2D eigenvalue weighted by atomic mass is 10.1. The van der Waals surface area contributed by atoms with Crippen molar-refractivity contribution in [1.29, 1.82) is 0 Å². The largest absolute Gasteiger partial charge is 0.471 e. The molecule has 0 radical (unpaired) electrons. The quantitative estimate of drug-likeness (QED) is 0.793. The van der Waals surface area contributed by atoms with Gasteiger partial charge in [0.25, 0.3) is 5.91 Å². The molecule has 7 nitrogen and oxygen atoms in total. The number of carbonyl (C=O) groups is 1. The van der Waals surface area contributed by atoms with E-state index in [4.69, 9.17) is 5.73 Å². The average molecular weight is 355 g/mol. The highest BCUT2D eigenvalue weighted by atomic mass is 19.4. The van der Waals surface area contributed by atoms with Crippen molar-refractivity contribution in [2.24, 2.45) is 5.73 Å². The zero-order chi connectivity index (χ0) is 18.6. The van der Waals surface area contributed by atoms with Crippen LogP contribution in [0.3, 0.4) is 0 Å². The number of hydrogen-bond acceptors (Lipinski definition) is 6. The predicted octanol–water partition coefficient (Wildman–Crippen LogP) is 1.73. The van der Waals surface area contributed by atoms with Crippen LogP contribution in [0.1, 0.15) is 11.5 Å². The molecule has 1 heterocycles. The number of alkyl halides is 3. The minimum absolute atomic E-state index is 0.0631. The molecule has 3 N–H and O–H groups in total. The molecule has 0 saturated carbocycles. The Labute approximate surface area is 141 Å². The van der Waals surface area contributed by atoms with Crippen LogP contribution in [0.15, 0.2) is 40.7 Å². The third-order valence-corrected chi connectivity index (χ3v) is 3.10. The number of rotatable bonds is 5. The van der Waals surface area contributed by atoms with Gasteiger partial charge in [-0.1, -0.05) is 29.4 Å². The number of halogens is 3. The van der Waals surface area contributed by atoms with Gasteiger partial charge in [0.1, 0.15) is 5.70 Å². The number of hydrogen-bond donors (Lipinski definition) is 2. The fraction of sp³-hybridized carbons (Fsp3) is 0.267. The van der Waals surface area contributed by atoms with E-state index in [0.717, 1.165) is 5.56 Å². The summed E-state index contributed by atoms with van der Waals surface area (Å²) in [5.74, 6) is -1.85. The monoisotopic (exact) mass is 355 g/mol. The number of nitrogens with zero attached hydrogens (tertiary/aromatic N) is 3. The van der Waals surface area contributed by atoms with Crippen LogP contribution >= 0.6 is 0 Å². The number of aromatic nitrogens is 2. The number of nitrogens with two attached hydrogens (primary N) is 1. The van der Waals surface area contributed by atoms with E-state index in [-0.39, 0.29) is 17.4 Å². The van der Waals surface area contributed by atoms with Crippen LogP contribution in [0, 0.1) is 0 Å². The van der Waals surface area contributed by atoms with Crippen LogP contribution in [-0.2, 0) is 17.5 Å². The van der Waals surface area contributed by atoms with Crippen LogP contribution in [0.25, 0.3) is 11.4 Å². The SMILES string of the molecule is CN(C)C(=O)/C(N)=C/NCc1ccc(-c2noc(C(F)(F)F)n2)cc1. The molecule has 1 aromatic heterocycles. The van der Waals surface area contributed by atoms with Gasteiger partial charge in [-0.2, -0.15) is 18.2 Å². The molecule has 1 aromatic carbocycles. The van der Waals surface area contributed by atoms with Crippen LogP contribution in [-0.4, -0.2) is 35.0 Å². The van der Waals surface area contributed by atoms with Crippen molar-refractivity contribution in [2.75, 3.05) is 14.1 Å². The number of benzene rings is 1. The highest BCUT2D eigenvalue weighted by Gasteiger charge is 2.38. The summed E-state index contributed by atoms with van der Waals surface area (Å²) in [6.07, 6.45) is -3.28. The molecule has 25 heavy (non-hydrogen) atoms. The minimum atomic E-state index is -4.68. The third kappa shape index (κ3) is 4.72. The Kier molecular flexibility index (Phi) is 5.30. The number of carbonyl (C=O) groups excluding carboxylic acids is 1. The summed E-state index contributed by atoms with van der Waals surface area (Å²) in [5, 5.41) is 6.20. The molecule has 2 rings (SSSR count). The van der Waals surface area contributed by atoms with E-state index < -0.39 is 12.1 Å². The van der Waals surface area contributed by atoms with Crippen molar-refractivity contribution in [3.05, 3.63) is 47.6 Å². The van der Waals surface area contributed by atoms with Crippen LogP contribution in [0.5, 0.6) is 0 Å². The molecule has 0 saturated heterocycles. The first-order valence-corrected chi connectivity index (χ1v) is 7.09. The average Bonchev–Trinajstić information content (AvgIpc) is 3.04. The Bertz CT molecular complexity index is 766. The second-order valence-electron chi connectivity index (χ2n) is 5.30. The van der Waals surface area contributed by atoms with Crippen molar-refractivity contribution in [3.8, 4) is 11.4 Å². The number of amides is 1. The van der Waals surface area contributed by atoms with Gasteiger partial charge in [0.15, 0.2) is 0 Å². The lowest BCUT2D eigenvalue weighted by Crippen LogP contribution is -2.28. The van der Waals surface area contributed by atoms with E-state index in [1.807, 2.05) is 0 Å². The van der Waals surface area contributed by atoms with Crippen molar-refractivity contribution < 1.29 is 22.5 Å². The maximum absolute atomic E-state index is 12.4. The molecule has 0 bridgehead atoms. The number of likely N-dealkylation sites (N-methyl/N-ethyl adjacent to an activating group) is 1. The molecule has 0 fully saturated rings. The van der Waals surface area contributed by atoms with E-state index in [1.165, 1.54) is 11.1 Å². The lowest BCUT2D eigenvalue weighted by Gasteiger charge is -2.10. The first kappa shape index (κ1) is 18.3. The molecule has 134 valence electrons. The Morgan fingerprint density at radius 1 is 1.32 bits per heavy atom. The zero-order valence-electron chi connectivity index (χ0n) is 13.5. The summed E-state index contributed by atoms with van der Waals surface area (Å²) in [6, 6.07) is 6.51. The zero-order valence-corrected chi connectivity index (χ0v) is 13.5. The van der Waals surface area contributed by atoms with Gasteiger partial charge in [-0.3, -0.25) is 4.79 Å². The van der Waals surface area contributed by atoms with Gasteiger partial charge in [-0.15, -0.1) is 0 Å². The van der Waals surface area contributed by atoms with Gasteiger partial charge in [0, 0.05) is 32.4 Å². The van der Waals surface area contributed by atoms with Crippen LogP contribution in [0.2, 0.25) is 0 Å². The summed E-state index contributed by atoms with van der Waals surface area (Å²) in [7, 11) is 3.17. The van der Waals surface area contributed by atoms with Crippen molar-refractivity contribution >= 4 is 5.91 Å². The lowest BCUT2D eigenvalue weighted by molar-refractivity contribution is -0.159. The van der Waals surface area contributed by atoms with Gasteiger partial charge in [-0.25, -0.2) is 0 Å². The second kappa shape index (κ2) is 7.24. The van der Waals surface area contributed by atoms with Gasteiger partial charge in [0.2, 0.25) is 5.82 Å². The molecule has 0 aliphatic carbocycles. The normalized spacial score (nSPS) is 12.1. The van der Waals surface area contributed by atoms with E-state index in [0.29, 0.717) is 12.1 Å². The molecule has 0 atom stereocenters. The standard InChI is InChI=1S/C15H16F3N5O2/c1-23(2)13(24)11(19)8-20-7-9-3-5-10(6-4-9)12-21-14(25-22-12)15(16,17)18/h3-6,8,20H,7,19H2,1-2H3/b11-8-. The topological polar surface area (TPSA) is 97.3 Å². The fourth-order valence-corrected chi connectivity index (χ4v) is 1.83. The van der Waals surface area contributed by atoms with Crippen molar-refractivity contribution in [3.63, 3.8) is 0 Å². The van der Waals surface area contributed by atoms with E-state index in [9.17, 15) is 18.0 Å². The predicted molar refractivity (Wildman–Crippen MR) is 82.5 cm³/mol. The molecule has 0 spiro atoms. The highest BCUT2D eigenvalue weighted by Crippen LogP contribution is 2.29. The molecule has 2 aromatic rings. The van der Waals surface area contributed by atoms with Gasteiger partial charge >= 0.3 is 12.1 Å². The summed E-state index contributed by atoms with van der Waals surface area (Å²) in [5.41, 5.74) is 6.88. The Balaban J connectivity index is 2.00. The smallest absolute Gasteiger partial charge is 0.393 e. The minimum Gasteiger partial charge on any atom is -0.393 e. The molecule has 0 aliphatic heterocycles. The summed E-state index contributed by atoms with van der Waals surface area (Å²) >= 11 is 0. The van der Waals surface area contributed by atoms with Gasteiger partial charge in [0.05, 0.1) is 0 Å². The first-order chi connectivity index (χ1) is 11.7. The van der Waals surface area contributed by atoms with Gasteiger partial charge in [-0.05, 0) is 5.56 Å². The summed E-state index contributed by atoms with van der Waals surface area (Å²) in [4.78, 5) is 16.2. The van der Waals surface area contributed by atoms with Crippen LogP contribution < -0.4 is 11.1 Å². The summed E-state index contributed by atoms with van der Waals surface area (Å²) in [6.45, 7) is 0.377. The molecule has 10 heteroatoms. The van der Waals surface area contributed by atoms with E-state index >= 15 is 0 Å². The number of nitrogens with one attached hydrogen (secondary N) is 1. The van der Waals surface area contributed by atoms with Crippen molar-refractivity contribution in [2.45, 2.75) is 12.7 Å². The Morgan fingerprint density at radius 3 is 2.48 bits per heavy atom. The van der Waals surface area contributed by atoms with E-state index in [1.54, 1.807) is 38.4 Å². The molecular weight excluding hydrogens is 339 g/mol. The first-order valence-electron chi connectivity index (χ1n) is 7.09. The Hall–Kier alpha value is -3.04. The molecule has 0 aliphatic rings. The van der Waals surface area contributed by atoms with Gasteiger partial charge < -0.3 is 20.5 Å². The maximum atomic E-state index is 12.4. The fourth-order valence-electron chi connectivity index (χ4n) is 1.83.